The maximum absolute atomic E-state index is 12.8. The summed E-state index contributed by atoms with van der Waals surface area (Å²) in [7, 11) is 2.94. The third-order valence-corrected chi connectivity index (χ3v) is 3.32. The van der Waals surface area contributed by atoms with Crippen LogP contribution in [0.5, 0.6) is 0 Å². The van der Waals surface area contributed by atoms with E-state index >= 15 is 0 Å². The Morgan fingerprint density at radius 2 is 2.29 bits per heavy atom. The summed E-state index contributed by atoms with van der Waals surface area (Å²) in [6, 6.07) is 4.21. The van der Waals surface area contributed by atoms with E-state index in [9.17, 15) is 9.18 Å². The lowest BCUT2D eigenvalue weighted by molar-refractivity contribution is -0.136. The summed E-state index contributed by atoms with van der Waals surface area (Å²) in [5.41, 5.74) is 0.525. The van der Waals surface area contributed by atoms with Crippen LogP contribution in [0.3, 0.4) is 0 Å². The van der Waals surface area contributed by atoms with Crippen molar-refractivity contribution in [3.05, 3.63) is 29.6 Å². The Morgan fingerprint density at radius 3 is 2.86 bits per heavy atom. The maximum atomic E-state index is 12.8. The fourth-order valence-corrected chi connectivity index (χ4v) is 2.59. The Kier molecular flexibility index (Phi) is 4.28. The second-order valence-electron chi connectivity index (χ2n) is 2.57. The zero-order chi connectivity index (χ0) is 10.6. The Balaban J connectivity index is 2.96. The van der Waals surface area contributed by atoms with Crippen molar-refractivity contribution in [1.29, 1.82) is 0 Å². The third-order valence-electron chi connectivity index (χ3n) is 1.54. The van der Waals surface area contributed by atoms with E-state index in [1.807, 2.05) is 6.26 Å². The second-order valence-corrected chi connectivity index (χ2v) is 5.01. The quantitative estimate of drug-likeness (QED) is 0.810. The molecule has 14 heavy (non-hydrogen) atoms. The Bertz CT molecular complexity index is 342. The number of halogens is 1. The SMILES string of the molecule is CSSc1ccc(F)cc1CC(=O)O. The average Bonchev–Trinajstić information content (AvgIpc) is 2.09. The van der Waals surface area contributed by atoms with Crippen molar-refractivity contribution in [2.24, 2.45) is 0 Å². The van der Waals surface area contributed by atoms with Crippen LogP contribution in [0.1, 0.15) is 5.56 Å². The molecule has 1 aromatic carbocycles. The highest BCUT2D eigenvalue weighted by Gasteiger charge is 2.08. The van der Waals surface area contributed by atoms with Crippen molar-refractivity contribution in [3.8, 4) is 0 Å². The van der Waals surface area contributed by atoms with Crippen molar-refractivity contribution < 1.29 is 14.3 Å². The third kappa shape index (κ3) is 3.23. The Hall–Kier alpha value is -0.680. The van der Waals surface area contributed by atoms with E-state index in [1.165, 1.54) is 33.7 Å². The van der Waals surface area contributed by atoms with Gasteiger partial charge in [0.1, 0.15) is 5.82 Å². The van der Waals surface area contributed by atoms with Gasteiger partial charge in [0, 0.05) is 4.90 Å². The molecule has 0 aliphatic carbocycles. The van der Waals surface area contributed by atoms with Crippen LogP contribution in [0.2, 0.25) is 0 Å². The molecule has 5 heteroatoms. The van der Waals surface area contributed by atoms with Crippen molar-refractivity contribution in [3.63, 3.8) is 0 Å². The molecule has 0 spiro atoms. The van der Waals surface area contributed by atoms with Gasteiger partial charge in [0.2, 0.25) is 0 Å². The van der Waals surface area contributed by atoms with Gasteiger partial charge in [0.25, 0.3) is 0 Å². The van der Waals surface area contributed by atoms with Gasteiger partial charge in [-0.3, -0.25) is 4.79 Å². The number of rotatable bonds is 4. The molecule has 2 nitrogen and oxygen atoms in total. The van der Waals surface area contributed by atoms with E-state index in [0.717, 1.165) is 4.90 Å². The monoisotopic (exact) mass is 232 g/mol. The standard InChI is InChI=1S/C9H9FO2S2/c1-13-14-8-3-2-7(10)4-6(8)5-9(11)12/h2-4H,5H2,1H3,(H,11,12). The van der Waals surface area contributed by atoms with Crippen LogP contribution in [-0.2, 0) is 11.2 Å². The molecule has 0 bridgehead atoms. The normalized spacial score (nSPS) is 10.1. The molecule has 0 fully saturated rings. The zero-order valence-electron chi connectivity index (χ0n) is 7.49. The molecule has 0 amide bonds. The number of carboxylic acid groups (broad SMARTS) is 1. The minimum atomic E-state index is -0.946. The second kappa shape index (κ2) is 5.26. The molecule has 1 N–H and O–H groups in total. The zero-order valence-corrected chi connectivity index (χ0v) is 9.12. The van der Waals surface area contributed by atoms with Crippen LogP contribution in [-0.4, -0.2) is 17.3 Å². The summed E-state index contributed by atoms with van der Waals surface area (Å²) in [4.78, 5) is 11.3. The smallest absolute Gasteiger partial charge is 0.307 e. The van der Waals surface area contributed by atoms with Gasteiger partial charge in [-0.15, -0.1) is 0 Å². The van der Waals surface area contributed by atoms with Crippen LogP contribution in [0.15, 0.2) is 23.1 Å². The molecule has 0 saturated heterocycles. The Labute approximate surface area is 89.3 Å². The van der Waals surface area contributed by atoms with E-state index < -0.39 is 11.8 Å². The molecule has 0 atom stereocenters. The molecule has 0 heterocycles. The Morgan fingerprint density at radius 1 is 1.57 bits per heavy atom. The van der Waals surface area contributed by atoms with Gasteiger partial charge in [-0.1, -0.05) is 21.6 Å². The van der Waals surface area contributed by atoms with E-state index in [-0.39, 0.29) is 6.42 Å². The van der Waals surface area contributed by atoms with E-state index in [4.69, 9.17) is 5.11 Å². The first-order valence-corrected chi connectivity index (χ1v) is 6.40. The van der Waals surface area contributed by atoms with Gasteiger partial charge in [-0.25, -0.2) is 4.39 Å². The summed E-state index contributed by atoms with van der Waals surface area (Å²) in [5.74, 6) is -1.34. The molecule has 76 valence electrons. The van der Waals surface area contributed by atoms with Crippen molar-refractivity contribution in [2.75, 3.05) is 6.26 Å². The van der Waals surface area contributed by atoms with Crippen LogP contribution in [0.25, 0.3) is 0 Å². The van der Waals surface area contributed by atoms with E-state index in [0.29, 0.717) is 5.56 Å². The van der Waals surface area contributed by atoms with Gasteiger partial charge < -0.3 is 5.11 Å². The number of aliphatic carboxylic acids is 1. The molecule has 0 aliphatic heterocycles. The predicted octanol–water partition coefficient (Wildman–Crippen LogP) is 2.82. The molecular formula is C9H9FO2S2. The first-order valence-electron chi connectivity index (χ1n) is 3.84. The number of carboxylic acids is 1. The number of carbonyl (C=O) groups is 1. The van der Waals surface area contributed by atoms with Gasteiger partial charge in [-0.2, -0.15) is 0 Å². The lowest BCUT2D eigenvalue weighted by Crippen LogP contribution is -2.01. The molecule has 0 aliphatic rings. The van der Waals surface area contributed by atoms with E-state index in [2.05, 4.69) is 0 Å². The predicted molar refractivity (Wildman–Crippen MR) is 57.1 cm³/mol. The number of hydrogen-bond donors (Lipinski definition) is 1. The molecule has 1 aromatic rings. The minimum Gasteiger partial charge on any atom is -0.481 e. The highest BCUT2D eigenvalue weighted by molar-refractivity contribution is 8.76. The molecule has 0 aromatic heterocycles. The summed E-state index contributed by atoms with van der Waals surface area (Å²) >= 11 is 0. The van der Waals surface area contributed by atoms with Crippen LogP contribution < -0.4 is 0 Å². The molecule has 0 unspecified atom stereocenters. The highest BCUT2D eigenvalue weighted by Crippen LogP contribution is 2.32. The van der Waals surface area contributed by atoms with Crippen molar-refractivity contribution in [2.45, 2.75) is 11.3 Å². The number of benzene rings is 1. The van der Waals surface area contributed by atoms with Gasteiger partial charge in [-0.05, 0) is 30.0 Å². The number of hydrogen-bond acceptors (Lipinski definition) is 3. The van der Waals surface area contributed by atoms with Crippen LogP contribution in [0, 0.1) is 5.82 Å². The van der Waals surface area contributed by atoms with Gasteiger partial charge in [0.15, 0.2) is 0 Å². The summed E-state index contributed by atoms with van der Waals surface area (Å²) in [5, 5.41) is 8.61. The summed E-state index contributed by atoms with van der Waals surface area (Å²) in [6.45, 7) is 0. The summed E-state index contributed by atoms with van der Waals surface area (Å²) < 4.78 is 12.8. The van der Waals surface area contributed by atoms with Gasteiger partial charge >= 0.3 is 5.97 Å². The first-order chi connectivity index (χ1) is 6.63. The first kappa shape index (κ1) is 11.4. The largest absolute Gasteiger partial charge is 0.481 e. The molecular weight excluding hydrogens is 223 g/mol. The molecule has 0 radical (unpaired) electrons. The van der Waals surface area contributed by atoms with Crippen LogP contribution >= 0.6 is 21.6 Å². The maximum Gasteiger partial charge on any atom is 0.307 e. The average molecular weight is 232 g/mol. The molecule has 1 rings (SSSR count). The van der Waals surface area contributed by atoms with Crippen molar-refractivity contribution in [1.82, 2.24) is 0 Å². The van der Waals surface area contributed by atoms with Crippen LogP contribution in [0.4, 0.5) is 4.39 Å². The fraction of sp³-hybridized carbons (Fsp3) is 0.222. The summed E-state index contributed by atoms with van der Waals surface area (Å²) in [6.07, 6.45) is 1.75. The minimum absolute atomic E-state index is 0.138. The molecule has 0 saturated carbocycles. The highest BCUT2D eigenvalue weighted by atomic mass is 33.1. The van der Waals surface area contributed by atoms with Crippen molar-refractivity contribution >= 4 is 27.6 Å². The lowest BCUT2D eigenvalue weighted by Gasteiger charge is -2.05. The topological polar surface area (TPSA) is 37.3 Å². The fourth-order valence-electron chi connectivity index (χ4n) is 1.02. The van der Waals surface area contributed by atoms with Gasteiger partial charge in [0.05, 0.1) is 6.42 Å². The van der Waals surface area contributed by atoms with E-state index in [1.54, 1.807) is 6.07 Å². The lowest BCUT2D eigenvalue weighted by atomic mass is 10.1.